The maximum Gasteiger partial charge on any atom is 0.262 e. The number of hydrogen-bond acceptors (Lipinski definition) is 4. The van der Waals surface area contributed by atoms with Crippen molar-refractivity contribution in [1.82, 2.24) is 10.7 Å². The molecule has 1 aromatic rings. The van der Waals surface area contributed by atoms with Crippen molar-refractivity contribution in [3.63, 3.8) is 0 Å². The molecule has 1 aliphatic carbocycles. The van der Waals surface area contributed by atoms with Crippen LogP contribution in [0.4, 0.5) is 5.69 Å². The van der Waals surface area contributed by atoms with Gasteiger partial charge in [0.2, 0.25) is 0 Å². The maximum atomic E-state index is 11.5. The molecule has 0 spiro atoms. The Morgan fingerprint density at radius 1 is 1.35 bits per heavy atom. The quantitative estimate of drug-likeness (QED) is 0.431. The van der Waals surface area contributed by atoms with Crippen LogP contribution in [-0.2, 0) is 4.79 Å². The Labute approximate surface area is 159 Å². The van der Waals surface area contributed by atoms with Gasteiger partial charge in [0, 0.05) is 6.04 Å². The summed E-state index contributed by atoms with van der Waals surface area (Å²) in [4.78, 5) is 11.5. The summed E-state index contributed by atoms with van der Waals surface area (Å²) in [7, 11) is 0. The summed E-state index contributed by atoms with van der Waals surface area (Å²) in [6.45, 7) is 6.53. The van der Waals surface area contributed by atoms with E-state index in [1.807, 2.05) is 25.1 Å². The lowest BCUT2D eigenvalue weighted by molar-refractivity contribution is -0.118. The standard InChI is InChI=1S/C19H26N4O2S/c1-11-5-4-6-15(12(11)2)21-19(26)23-22-13(3)14-7-8-17-16(9-14)20-18(24)10-25-17/h7-9,11-12,15H,4-6,10H2,1-3H3,(H,20,24)(H2,21,23,26)/b22-13-/t11-,12+,15-/m0/s1. The molecule has 0 bridgehead atoms. The summed E-state index contributed by atoms with van der Waals surface area (Å²) >= 11 is 5.40. The van der Waals surface area contributed by atoms with Crippen molar-refractivity contribution in [3.05, 3.63) is 23.8 Å². The van der Waals surface area contributed by atoms with Gasteiger partial charge in [-0.05, 0) is 61.2 Å². The van der Waals surface area contributed by atoms with Crippen LogP contribution >= 0.6 is 12.2 Å². The topological polar surface area (TPSA) is 74.8 Å². The average molecular weight is 375 g/mol. The number of rotatable bonds is 3. The summed E-state index contributed by atoms with van der Waals surface area (Å²) < 4.78 is 5.37. The largest absolute Gasteiger partial charge is 0.482 e. The fourth-order valence-electron chi connectivity index (χ4n) is 3.49. The number of amides is 1. The minimum Gasteiger partial charge on any atom is -0.482 e. The first kappa shape index (κ1) is 18.6. The van der Waals surface area contributed by atoms with Crippen LogP contribution in [0.2, 0.25) is 0 Å². The Bertz CT molecular complexity index is 734. The van der Waals surface area contributed by atoms with Crippen molar-refractivity contribution in [2.75, 3.05) is 11.9 Å². The van der Waals surface area contributed by atoms with E-state index in [0.29, 0.717) is 34.4 Å². The van der Waals surface area contributed by atoms with Gasteiger partial charge in [0.05, 0.1) is 11.4 Å². The van der Waals surface area contributed by atoms with Gasteiger partial charge in [0.1, 0.15) is 5.75 Å². The zero-order valence-corrected chi connectivity index (χ0v) is 16.3. The van der Waals surface area contributed by atoms with E-state index in [0.717, 1.165) is 17.7 Å². The summed E-state index contributed by atoms with van der Waals surface area (Å²) in [6.07, 6.45) is 3.66. The van der Waals surface area contributed by atoms with E-state index in [1.165, 1.54) is 12.8 Å². The van der Waals surface area contributed by atoms with E-state index in [-0.39, 0.29) is 12.5 Å². The second-order valence-corrected chi connectivity index (χ2v) is 7.61. The Morgan fingerprint density at radius 3 is 2.96 bits per heavy atom. The van der Waals surface area contributed by atoms with Crippen LogP contribution in [0.15, 0.2) is 23.3 Å². The lowest BCUT2D eigenvalue weighted by Gasteiger charge is -2.35. The number of thiocarbonyl (C=S) groups is 1. The van der Waals surface area contributed by atoms with Crippen LogP contribution in [0, 0.1) is 11.8 Å². The number of benzene rings is 1. The molecular weight excluding hydrogens is 348 g/mol. The summed E-state index contributed by atoms with van der Waals surface area (Å²) in [6, 6.07) is 6.00. The van der Waals surface area contributed by atoms with E-state index in [4.69, 9.17) is 17.0 Å². The Balaban J connectivity index is 1.60. The molecule has 3 atom stereocenters. The number of fused-ring (bicyclic) bond motifs is 1. The molecule has 140 valence electrons. The van der Waals surface area contributed by atoms with Gasteiger partial charge in [0.25, 0.3) is 5.91 Å². The summed E-state index contributed by atoms with van der Waals surface area (Å²) in [5.41, 5.74) is 5.28. The van der Waals surface area contributed by atoms with E-state index in [1.54, 1.807) is 0 Å². The number of nitrogens with zero attached hydrogens (tertiary/aromatic N) is 1. The molecule has 1 heterocycles. The molecule has 2 aliphatic rings. The van der Waals surface area contributed by atoms with Gasteiger partial charge >= 0.3 is 0 Å². The molecule has 7 heteroatoms. The van der Waals surface area contributed by atoms with Crippen LogP contribution in [0.3, 0.4) is 0 Å². The van der Waals surface area contributed by atoms with Crippen LogP contribution < -0.4 is 20.8 Å². The van der Waals surface area contributed by atoms with Gasteiger partial charge in [-0.25, -0.2) is 0 Å². The molecule has 1 aromatic carbocycles. The number of carbonyl (C=O) groups is 1. The van der Waals surface area contributed by atoms with Gasteiger partial charge in [-0.1, -0.05) is 26.7 Å². The number of hydrazone groups is 1. The van der Waals surface area contributed by atoms with Gasteiger partial charge in [-0.15, -0.1) is 0 Å². The van der Waals surface area contributed by atoms with Gasteiger partial charge in [-0.3, -0.25) is 10.2 Å². The molecule has 3 rings (SSSR count). The van der Waals surface area contributed by atoms with Crippen molar-refractivity contribution in [3.8, 4) is 5.75 Å². The third-order valence-electron chi connectivity index (χ3n) is 5.38. The van der Waals surface area contributed by atoms with Gasteiger partial charge in [0.15, 0.2) is 11.7 Å². The fourth-order valence-corrected chi connectivity index (χ4v) is 3.69. The zero-order valence-electron chi connectivity index (χ0n) is 15.5. The molecule has 1 aliphatic heterocycles. The second-order valence-electron chi connectivity index (χ2n) is 7.20. The summed E-state index contributed by atoms with van der Waals surface area (Å²) in [5.74, 6) is 1.83. The van der Waals surface area contributed by atoms with Gasteiger partial charge < -0.3 is 15.4 Å². The predicted octanol–water partition coefficient (Wildman–Crippen LogP) is 3.03. The van der Waals surface area contributed by atoms with Crippen LogP contribution in [0.25, 0.3) is 0 Å². The Hall–Kier alpha value is -2.15. The van der Waals surface area contributed by atoms with Crippen LogP contribution in [0.1, 0.15) is 45.6 Å². The van der Waals surface area contributed by atoms with Crippen LogP contribution in [0.5, 0.6) is 5.75 Å². The van der Waals surface area contributed by atoms with Crippen molar-refractivity contribution < 1.29 is 9.53 Å². The first-order valence-electron chi connectivity index (χ1n) is 9.12. The molecule has 0 saturated heterocycles. The maximum absolute atomic E-state index is 11.5. The summed E-state index contributed by atoms with van der Waals surface area (Å²) in [5, 5.41) is 11.1. The van der Waals surface area contributed by atoms with Crippen molar-refractivity contribution in [2.45, 2.75) is 46.1 Å². The molecule has 1 amide bonds. The minimum atomic E-state index is -0.149. The lowest BCUT2D eigenvalue weighted by atomic mass is 9.78. The van der Waals surface area contributed by atoms with E-state index in [9.17, 15) is 4.79 Å². The number of hydrogen-bond donors (Lipinski definition) is 3. The fraction of sp³-hybridized carbons (Fsp3) is 0.526. The second kappa shape index (κ2) is 8.03. The highest BCUT2D eigenvalue weighted by molar-refractivity contribution is 7.80. The van der Waals surface area contributed by atoms with Crippen molar-refractivity contribution in [2.24, 2.45) is 16.9 Å². The Kier molecular flexibility index (Phi) is 5.76. The molecule has 6 nitrogen and oxygen atoms in total. The Morgan fingerprint density at radius 2 is 2.15 bits per heavy atom. The van der Waals surface area contributed by atoms with E-state index in [2.05, 4.69) is 35.0 Å². The van der Waals surface area contributed by atoms with Crippen molar-refractivity contribution >= 4 is 34.6 Å². The minimum absolute atomic E-state index is 0.0547. The molecule has 26 heavy (non-hydrogen) atoms. The highest BCUT2D eigenvalue weighted by Gasteiger charge is 2.27. The third kappa shape index (κ3) is 4.33. The molecule has 1 saturated carbocycles. The SMILES string of the molecule is C/C(=N/NC(=S)N[C@H]1CCC[C@H](C)[C@H]1C)c1ccc2c(c1)NC(=O)CO2. The molecular formula is C19H26N4O2S. The number of anilines is 1. The number of carbonyl (C=O) groups excluding carboxylic acids is 1. The number of nitrogens with one attached hydrogen (secondary N) is 3. The molecule has 1 fully saturated rings. The average Bonchev–Trinajstić information content (AvgIpc) is 2.63. The van der Waals surface area contributed by atoms with E-state index >= 15 is 0 Å². The van der Waals surface area contributed by atoms with Crippen molar-refractivity contribution in [1.29, 1.82) is 0 Å². The first-order chi connectivity index (χ1) is 12.4. The van der Waals surface area contributed by atoms with Crippen LogP contribution in [-0.4, -0.2) is 29.4 Å². The molecule has 0 unspecified atom stereocenters. The smallest absolute Gasteiger partial charge is 0.262 e. The van der Waals surface area contributed by atoms with E-state index < -0.39 is 0 Å². The highest BCUT2D eigenvalue weighted by Crippen LogP contribution is 2.30. The molecule has 0 aromatic heterocycles. The predicted molar refractivity (Wildman–Crippen MR) is 108 cm³/mol. The normalized spacial score (nSPS) is 25.6. The highest BCUT2D eigenvalue weighted by atomic mass is 32.1. The third-order valence-corrected chi connectivity index (χ3v) is 5.59. The molecule has 3 N–H and O–H groups in total. The lowest BCUT2D eigenvalue weighted by Crippen LogP contribution is -2.46. The zero-order chi connectivity index (χ0) is 18.7. The molecule has 0 radical (unpaired) electrons. The first-order valence-corrected chi connectivity index (χ1v) is 9.52. The monoisotopic (exact) mass is 374 g/mol. The van der Waals surface area contributed by atoms with Gasteiger partial charge in [-0.2, -0.15) is 5.10 Å². The number of ether oxygens (including phenoxy) is 1.